The molecule has 5 atom stereocenters. The highest BCUT2D eigenvalue weighted by Gasteiger charge is 2.49. The molecule has 14 heteroatoms. The number of amides is 1. The largest absolute Gasteiger partial charge is 0.465 e. The lowest BCUT2D eigenvalue weighted by Gasteiger charge is -2.39. The van der Waals surface area contributed by atoms with Crippen LogP contribution in [0.25, 0.3) is 0 Å². The molecule has 43 heavy (non-hydrogen) atoms. The maximum Gasteiger partial charge on any atom is 0.407 e. The van der Waals surface area contributed by atoms with E-state index in [2.05, 4.69) is 0 Å². The van der Waals surface area contributed by atoms with E-state index in [0.717, 1.165) is 30.9 Å². The minimum absolute atomic E-state index is 0.0773. The molecule has 1 amide bonds. The van der Waals surface area contributed by atoms with E-state index in [0.29, 0.717) is 30.3 Å². The fourth-order valence-corrected chi connectivity index (χ4v) is 7.56. The highest BCUT2D eigenvalue weighted by molar-refractivity contribution is 7.89. The minimum Gasteiger partial charge on any atom is -0.465 e. The van der Waals surface area contributed by atoms with Crippen LogP contribution in [0.5, 0.6) is 0 Å². The number of nitrogens with zero attached hydrogens (tertiary/aromatic N) is 3. The van der Waals surface area contributed by atoms with Gasteiger partial charge >= 0.3 is 6.09 Å². The summed E-state index contributed by atoms with van der Waals surface area (Å²) in [5.74, 6) is -0.232. The van der Waals surface area contributed by atoms with Gasteiger partial charge in [-0.1, -0.05) is 60.1 Å². The fraction of sp³-hybridized carbons (Fsp3) is 0.552. The summed E-state index contributed by atoms with van der Waals surface area (Å²) in [6.07, 6.45) is 0.769. The Labute approximate surface area is 250 Å². The third kappa shape index (κ3) is 7.16. The number of non-ortho nitro benzene ring substituents is 1. The first-order chi connectivity index (χ1) is 20.6. The van der Waals surface area contributed by atoms with Gasteiger partial charge in [-0.3, -0.25) is 19.9 Å². The second kappa shape index (κ2) is 13.7. The summed E-state index contributed by atoms with van der Waals surface area (Å²) >= 11 is 0. The molecule has 0 bridgehead atoms. The third-order valence-electron chi connectivity index (χ3n) is 8.43. The smallest absolute Gasteiger partial charge is 0.407 e. The second-order valence-corrected chi connectivity index (χ2v) is 13.0. The lowest BCUT2D eigenvalue weighted by Crippen LogP contribution is -2.57. The number of nitro benzene ring substituents is 1. The Kier molecular flexibility index (Phi) is 9.94. The molecule has 2 aromatic rings. The van der Waals surface area contributed by atoms with Crippen LogP contribution in [0.3, 0.4) is 0 Å². The Morgan fingerprint density at radius 2 is 1.81 bits per heavy atom. The van der Waals surface area contributed by atoms with Crippen LogP contribution in [0, 0.1) is 16.0 Å². The van der Waals surface area contributed by atoms with Crippen LogP contribution in [-0.4, -0.2) is 89.4 Å². The number of ether oxygens (including phenoxy) is 2. The van der Waals surface area contributed by atoms with Gasteiger partial charge in [0.25, 0.3) is 15.7 Å². The molecular formula is C29H37N3O10S. The summed E-state index contributed by atoms with van der Waals surface area (Å²) in [5, 5.41) is 33.6. The van der Waals surface area contributed by atoms with Crippen LogP contribution in [0.2, 0.25) is 0 Å². The highest BCUT2D eigenvalue weighted by Crippen LogP contribution is 2.36. The molecule has 3 aliphatic rings. The number of benzene rings is 2. The summed E-state index contributed by atoms with van der Waals surface area (Å²) in [6.45, 7) is -0.0927. The molecule has 5 rings (SSSR count). The van der Waals surface area contributed by atoms with E-state index < -0.39 is 63.9 Å². The van der Waals surface area contributed by atoms with E-state index in [1.54, 1.807) is 12.1 Å². The van der Waals surface area contributed by atoms with Crippen LogP contribution in [-0.2, 0) is 30.8 Å². The van der Waals surface area contributed by atoms with Crippen molar-refractivity contribution in [2.45, 2.75) is 80.4 Å². The molecule has 2 aliphatic heterocycles. The standard InChI is InChI=1S/C29H37N3O10S/c33-27(18-30(42-22-11-5-2-6-12-22)43(38,39)23-13-7-10-21(17-23)32(36)37)25(16-20-8-3-1-4-9-20)31(29(34)35)26-19-41-28-24(26)14-15-40-28/h1,3-4,7-10,13,17,22,24-28,33H,2,5-6,11-12,14-16,18-19H2,(H,34,35)/t24-,25-,26-,27+,28+/m0/s1. The lowest BCUT2D eigenvalue weighted by atomic mass is 9.93. The average molecular weight is 620 g/mol. The molecule has 0 aromatic heterocycles. The number of rotatable bonds is 12. The zero-order chi connectivity index (χ0) is 30.6. The van der Waals surface area contributed by atoms with Crippen LogP contribution in [0.4, 0.5) is 10.5 Å². The van der Waals surface area contributed by atoms with E-state index in [-0.39, 0.29) is 23.8 Å². The monoisotopic (exact) mass is 619 g/mol. The van der Waals surface area contributed by atoms with Gasteiger partial charge in [0.05, 0.1) is 53.9 Å². The summed E-state index contributed by atoms with van der Waals surface area (Å²) in [7, 11) is -4.50. The predicted octanol–water partition coefficient (Wildman–Crippen LogP) is 3.56. The molecule has 1 saturated carbocycles. The number of hydroxylamine groups is 1. The normalized spacial score (nSPS) is 24.0. The van der Waals surface area contributed by atoms with Crippen molar-refractivity contribution in [3.8, 4) is 0 Å². The SMILES string of the molecule is O=C(O)N([C@H]1CO[C@H]2OCC[C@H]21)[C@@H](Cc1ccccc1)[C@H](O)CN(OC1CCCCC1)S(=O)(=O)c1cccc([N+](=O)[O-])c1. The molecule has 2 saturated heterocycles. The van der Waals surface area contributed by atoms with Crippen molar-refractivity contribution >= 4 is 21.8 Å². The summed E-state index contributed by atoms with van der Waals surface area (Å²) < 4.78 is 39.8. The molecule has 0 spiro atoms. The topological polar surface area (TPSA) is 169 Å². The molecule has 0 radical (unpaired) electrons. The molecular weight excluding hydrogens is 582 g/mol. The lowest BCUT2D eigenvalue weighted by molar-refractivity contribution is -0.385. The number of hydrogen-bond acceptors (Lipinski definition) is 9. The first-order valence-corrected chi connectivity index (χ1v) is 16.0. The zero-order valence-corrected chi connectivity index (χ0v) is 24.5. The number of carboxylic acid groups (broad SMARTS) is 1. The highest BCUT2D eigenvalue weighted by atomic mass is 32.2. The van der Waals surface area contributed by atoms with E-state index in [4.69, 9.17) is 14.3 Å². The Balaban J connectivity index is 1.49. The quantitative estimate of drug-likeness (QED) is 0.265. The molecule has 2 aromatic carbocycles. The Morgan fingerprint density at radius 1 is 1.07 bits per heavy atom. The van der Waals surface area contributed by atoms with Gasteiger partial charge in [-0.2, -0.15) is 0 Å². The van der Waals surface area contributed by atoms with Gasteiger partial charge in [-0.25, -0.2) is 13.2 Å². The average Bonchev–Trinajstić information content (AvgIpc) is 3.62. The summed E-state index contributed by atoms with van der Waals surface area (Å²) in [4.78, 5) is 30.4. The van der Waals surface area contributed by atoms with Gasteiger partial charge in [0.2, 0.25) is 0 Å². The van der Waals surface area contributed by atoms with E-state index in [1.807, 2.05) is 18.2 Å². The van der Waals surface area contributed by atoms with Crippen molar-refractivity contribution < 1.29 is 42.7 Å². The summed E-state index contributed by atoms with van der Waals surface area (Å²) in [5.41, 5.74) is 0.338. The Morgan fingerprint density at radius 3 is 2.51 bits per heavy atom. The predicted molar refractivity (Wildman–Crippen MR) is 152 cm³/mol. The number of carbonyl (C=O) groups is 1. The third-order valence-corrected chi connectivity index (χ3v) is 10.0. The van der Waals surface area contributed by atoms with Crippen LogP contribution in [0.15, 0.2) is 59.5 Å². The number of nitro groups is 1. The van der Waals surface area contributed by atoms with Gasteiger partial charge in [0, 0.05) is 18.1 Å². The number of aliphatic hydroxyl groups is 1. The minimum atomic E-state index is -4.50. The Hall–Kier alpha value is -3.14. The molecule has 2 N–H and O–H groups in total. The molecule has 2 heterocycles. The first kappa shape index (κ1) is 31.3. The molecule has 1 aliphatic carbocycles. The van der Waals surface area contributed by atoms with Crippen molar-refractivity contribution in [2.24, 2.45) is 5.92 Å². The number of aliphatic hydroxyl groups excluding tert-OH is 1. The molecule has 234 valence electrons. The van der Waals surface area contributed by atoms with Gasteiger partial charge in [-0.15, -0.1) is 0 Å². The van der Waals surface area contributed by atoms with Crippen molar-refractivity contribution in [3.05, 3.63) is 70.3 Å². The first-order valence-electron chi connectivity index (χ1n) is 14.6. The maximum absolute atomic E-state index is 13.9. The molecule has 3 fully saturated rings. The van der Waals surface area contributed by atoms with Gasteiger partial charge in [-0.05, 0) is 37.3 Å². The van der Waals surface area contributed by atoms with Crippen LogP contribution in [0.1, 0.15) is 44.1 Å². The van der Waals surface area contributed by atoms with Gasteiger partial charge in [0.15, 0.2) is 6.29 Å². The number of fused-ring (bicyclic) bond motifs is 1. The van der Waals surface area contributed by atoms with Crippen molar-refractivity contribution in [2.75, 3.05) is 19.8 Å². The van der Waals surface area contributed by atoms with Gasteiger partial charge in [0.1, 0.15) is 0 Å². The van der Waals surface area contributed by atoms with Crippen molar-refractivity contribution in [1.82, 2.24) is 9.37 Å². The second-order valence-electron chi connectivity index (χ2n) is 11.2. The van der Waals surface area contributed by atoms with Crippen LogP contribution < -0.4 is 0 Å². The van der Waals surface area contributed by atoms with E-state index in [9.17, 15) is 33.5 Å². The van der Waals surface area contributed by atoms with Crippen molar-refractivity contribution in [3.63, 3.8) is 0 Å². The molecule has 13 nitrogen and oxygen atoms in total. The number of sulfonamides is 1. The maximum atomic E-state index is 13.9. The van der Waals surface area contributed by atoms with E-state index >= 15 is 0 Å². The van der Waals surface area contributed by atoms with E-state index in [1.165, 1.54) is 23.1 Å². The number of hydrogen-bond donors (Lipinski definition) is 2. The fourth-order valence-electron chi connectivity index (χ4n) is 6.22. The van der Waals surface area contributed by atoms with Crippen molar-refractivity contribution in [1.29, 1.82) is 0 Å². The molecule has 0 unspecified atom stereocenters. The van der Waals surface area contributed by atoms with Crippen LogP contribution >= 0.6 is 0 Å². The Bertz CT molecular complexity index is 1370. The summed E-state index contributed by atoms with van der Waals surface area (Å²) in [6, 6.07) is 12.0. The zero-order valence-electron chi connectivity index (χ0n) is 23.6. The van der Waals surface area contributed by atoms with Gasteiger partial charge < -0.3 is 19.7 Å².